The van der Waals surface area contributed by atoms with Crippen LogP contribution in [-0.4, -0.2) is 60.3 Å². The van der Waals surface area contributed by atoms with Gasteiger partial charge in [0.25, 0.3) is 0 Å². The van der Waals surface area contributed by atoms with Crippen molar-refractivity contribution in [3.8, 4) is 33.8 Å². The average Bonchev–Trinajstić information content (AvgIpc) is 3.57. The summed E-state index contributed by atoms with van der Waals surface area (Å²) in [5.74, 6) is -8.09. The molecule has 1 unspecified atom stereocenters. The zero-order chi connectivity index (χ0) is 34.0. The van der Waals surface area contributed by atoms with Crippen LogP contribution in [0.25, 0.3) is 22.3 Å². The molecule has 0 fully saturated rings. The van der Waals surface area contributed by atoms with E-state index in [4.69, 9.17) is 0 Å². The molecule has 0 amide bonds. The molecule has 0 aliphatic heterocycles. The second kappa shape index (κ2) is 9.29. The Labute approximate surface area is 266 Å². The Kier molecular flexibility index (Phi) is 5.87. The Morgan fingerprint density at radius 2 is 1.04 bits per heavy atom. The fraction of sp³-hybridized carbons (Fsp3) is 0.194. The Balaban J connectivity index is 1.50. The molecular weight excluding hydrogens is 608 g/mol. The number of phenols is 2. The number of aromatic hydroxyl groups is 2. The van der Waals surface area contributed by atoms with Gasteiger partial charge in [0, 0.05) is 22.1 Å². The second-order valence-electron chi connectivity index (χ2n) is 12.7. The van der Waals surface area contributed by atoms with E-state index in [-0.39, 0.29) is 50.5 Å². The first kappa shape index (κ1) is 29.7. The lowest BCUT2D eigenvalue weighted by Crippen LogP contribution is -2.45. The quantitative estimate of drug-likeness (QED) is 0.148. The molecule has 6 N–H and O–H groups in total. The van der Waals surface area contributed by atoms with E-state index in [1.54, 1.807) is 18.2 Å². The van der Waals surface area contributed by atoms with Crippen molar-refractivity contribution in [2.45, 2.75) is 42.9 Å². The number of carbonyl (C=O) groups excluding carboxylic acids is 1. The summed E-state index contributed by atoms with van der Waals surface area (Å²) >= 11 is 0. The van der Waals surface area contributed by atoms with Gasteiger partial charge in [0.15, 0.2) is 16.6 Å². The van der Waals surface area contributed by atoms with Gasteiger partial charge in [-0.2, -0.15) is 0 Å². The summed E-state index contributed by atoms with van der Waals surface area (Å²) in [5, 5.41) is 64.0. The van der Waals surface area contributed by atoms with Gasteiger partial charge in [-0.25, -0.2) is 0 Å². The summed E-state index contributed by atoms with van der Waals surface area (Å²) in [6.45, 7) is 3.30. The van der Waals surface area contributed by atoms with Crippen LogP contribution in [0.15, 0.2) is 60.7 Å². The molecule has 11 nitrogen and oxygen atoms in total. The number of hydrogen-bond donors (Lipinski definition) is 6. The van der Waals surface area contributed by atoms with Crippen LogP contribution in [0, 0.1) is 13.8 Å². The third-order valence-electron chi connectivity index (χ3n) is 10.3. The number of rotatable bonds is 5. The van der Waals surface area contributed by atoms with Crippen LogP contribution < -0.4 is 0 Å². The van der Waals surface area contributed by atoms with Crippen LogP contribution in [-0.2, 0) is 35.4 Å². The molecule has 0 aromatic heterocycles. The molecule has 7 rings (SSSR count). The van der Waals surface area contributed by atoms with Crippen LogP contribution >= 0.6 is 0 Å². The van der Waals surface area contributed by atoms with Crippen molar-refractivity contribution < 1.29 is 54.6 Å². The minimum atomic E-state index is -2.71. The van der Waals surface area contributed by atoms with Crippen molar-refractivity contribution in [3.05, 3.63) is 105 Å². The molecule has 1 atom stereocenters. The third-order valence-corrected chi connectivity index (χ3v) is 10.3. The molecule has 4 aromatic carbocycles. The molecule has 0 saturated carbocycles. The van der Waals surface area contributed by atoms with E-state index in [1.165, 1.54) is 25.1 Å². The number of phenolic OH excluding ortho intramolecular Hbond substituents is 2. The van der Waals surface area contributed by atoms with Crippen LogP contribution in [0.5, 0.6) is 11.5 Å². The zero-order valence-corrected chi connectivity index (χ0v) is 24.9. The highest BCUT2D eigenvalue weighted by Crippen LogP contribution is 2.65. The third kappa shape index (κ3) is 3.53. The van der Waals surface area contributed by atoms with Crippen molar-refractivity contribution in [2.24, 2.45) is 0 Å². The van der Waals surface area contributed by atoms with E-state index in [0.29, 0.717) is 16.7 Å². The second-order valence-corrected chi connectivity index (χ2v) is 12.7. The van der Waals surface area contributed by atoms with Gasteiger partial charge >= 0.3 is 23.9 Å². The Hall–Kier alpha value is -5.97. The standard InChI is InChI=1S/C36H26O11/c1-15-3-5-18-19-6-4-17(9-22(19)29(39)21(18)7-15)20-10-26-24(12-28(20)38)34(14-36(26,32(44)45)33(46)47)13-35(30(40)41,31(42)43)25-8-16(2)27(37)11-23(25)34/h3-12,37-38H,13-14H2,1-2H3,(H,40,41)(H,42,43)(H,44,45)(H,46,47). The molecule has 0 heterocycles. The van der Waals surface area contributed by atoms with Crippen molar-refractivity contribution in [1.29, 1.82) is 0 Å². The number of aryl methyl sites for hydroxylation is 2. The van der Waals surface area contributed by atoms with Crippen LogP contribution in [0.1, 0.15) is 62.1 Å². The van der Waals surface area contributed by atoms with Gasteiger partial charge in [-0.1, -0.05) is 35.9 Å². The van der Waals surface area contributed by atoms with E-state index in [2.05, 4.69) is 0 Å². The predicted octanol–water partition coefficient (Wildman–Crippen LogP) is 4.50. The molecule has 0 saturated heterocycles. The van der Waals surface area contributed by atoms with Gasteiger partial charge in [-0.3, -0.25) is 24.0 Å². The maximum atomic E-state index is 13.4. The van der Waals surface area contributed by atoms with Gasteiger partial charge in [0.05, 0.1) is 0 Å². The number of carboxylic acid groups (broad SMARTS) is 4. The molecule has 3 aliphatic carbocycles. The highest BCUT2D eigenvalue weighted by atomic mass is 16.4. The highest BCUT2D eigenvalue weighted by Gasteiger charge is 2.70. The van der Waals surface area contributed by atoms with Crippen molar-refractivity contribution in [1.82, 2.24) is 0 Å². The number of carboxylic acids is 4. The lowest BCUT2D eigenvalue weighted by molar-refractivity contribution is -0.158. The van der Waals surface area contributed by atoms with Gasteiger partial charge < -0.3 is 30.6 Å². The molecule has 4 aromatic rings. The largest absolute Gasteiger partial charge is 0.508 e. The van der Waals surface area contributed by atoms with Crippen molar-refractivity contribution in [2.75, 3.05) is 0 Å². The molecule has 3 aliphatic rings. The number of hydrogen-bond acceptors (Lipinski definition) is 7. The summed E-state index contributed by atoms with van der Waals surface area (Å²) in [7, 11) is 0. The van der Waals surface area contributed by atoms with E-state index < -0.39 is 58.7 Å². The Morgan fingerprint density at radius 3 is 1.60 bits per heavy atom. The Bertz CT molecular complexity index is 2170. The highest BCUT2D eigenvalue weighted by molar-refractivity contribution is 6.22. The van der Waals surface area contributed by atoms with Crippen LogP contribution in [0.4, 0.5) is 0 Å². The van der Waals surface area contributed by atoms with Gasteiger partial charge in [0.1, 0.15) is 11.5 Å². The van der Waals surface area contributed by atoms with E-state index in [0.717, 1.165) is 23.3 Å². The SMILES string of the molecule is Cc1ccc2c(c1)C(=O)c1cc(-c3cc4c(cc3O)C3(CC(C(=O)O)(C(=O)O)c5cc(C)c(O)cc53)CC4(C(=O)O)C(=O)O)ccc1-2. The summed E-state index contributed by atoms with van der Waals surface area (Å²) in [6, 6.07) is 15.0. The number of carbonyl (C=O) groups is 5. The number of aliphatic carboxylic acids is 4. The van der Waals surface area contributed by atoms with E-state index in [1.807, 2.05) is 19.1 Å². The zero-order valence-electron chi connectivity index (χ0n) is 24.9. The first-order chi connectivity index (χ1) is 22.1. The molecular formula is C36H26O11. The lowest BCUT2D eigenvalue weighted by Gasteiger charge is -2.30. The maximum Gasteiger partial charge on any atom is 0.325 e. The van der Waals surface area contributed by atoms with Crippen molar-refractivity contribution in [3.63, 3.8) is 0 Å². The van der Waals surface area contributed by atoms with Crippen molar-refractivity contribution >= 4 is 29.7 Å². The summed E-state index contributed by atoms with van der Waals surface area (Å²) in [6.07, 6.45) is -1.57. The first-order valence-electron chi connectivity index (χ1n) is 14.6. The Morgan fingerprint density at radius 1 is 0.553 bits per heavy atom. The smallest absolute Gasteiger partial charge is 0.325 e. The molecule has 47 heavy (non-hydrogen) atoms. The molecule has 11 heteroatoms. The minimum absolute atomic E-state index is 0.0168. The summed E-state index contributed by atoms with van der Waals surface area (Å²) < 4.78 is 0. The van der Waals surface area contributed by atoms with E-state index >= 15 is 0 Å². The molecule has 1 spiro atoms. The van der Waals surface area contributed by atoms with Gasteiger partial charge in [0.2, 0.25) is 0 Å². The normalized spacial score (nSPS) is 19.1. The number of fused-ring (bicyclic) bond motifs is 7. The first-order valence-corrected chi connectivity index (χ1v) is 14.6. The maximum absolute atomic E-state index is 13.4. The molecule has 236 valence electrons. The summed E-state index contributed by atoms with van der Waals surface area (Å²) in [4.78, 5) is 65.0. The van der Waals surface area contributed by atoms with Crippen LogP contribution in [0.2, 0.25) is 0 Å². The fourth-order valence-electron chi connectivity index (χ4n) is 8.00. The number of benzene rings is 4. The summed E-state index contributed by atoms with van der Waals surface area (Å²) in [5.41, 5.74) is -4.25. The van der Waals surface area contributed by atoms with Crippen LogP contribution in [0.3, 0.4) is 0 Å². The number of ketones is 1. The van der Waals surface area contributed by atoms with Gasteiger partial charge in [-0.15, -0.1) is 0 Å². The molecule has 0 bridgehead atoms. The topological polar surface area (TPSA) is 207 Å². The lowest BCUT2D eigenvalue weighted by atomic mass is 9.70. The average molecular weight is 635 g/mol. The monoisotopic (exact) mass is 634 g/mol. The van der Waals surface area contributed by atoms with E-state index in [9.17, 15) is 54.6 Å². The predicted molar refractivity (Wildman–Crippen MR) is 164 cm³/mol. The van der Waals surface area contributed by atoms with Gasteiger partial charge in [-0.05, 0) is 102 Å². The fourth-order valence-corrected chi connectivity index (χ4v) is 8.00. The minimum Gasteiger partial charge on any atom is -0.508 e. The molecule has 0 radical (unpaired) electrons.